The van der Waals surface area contributed by atoms with Gasteiger partial charge < -0.3 is 15.1 Å². The maximum absolute atomic E-state index is 12.7. The minimum atomic E-state index is -0.0459. The van der Waals surface area contributed by atoms with Crippen molar-refractivity contribution in [2.75, 3.05) is 25.5 Å². The molecule has 8 heteroatoms. The first kappa shape index (κ1) is 20.8. The number of anilines is 1. The molecule has 8 nitrogen and oxygen atoms in total. The van der Waals surface area contributed by atoms with Crippen molar-refractivity contribution in [1.82, 2.24) is 25.0 Å². The number of hydrogen-bond donors (Lipinski definition) is 2. The van der Waals surface area contributed by atoms with Crippen LogP contribution in [0.5, 0.6) is 0 Å². The topological polar surface area (TPSA) is 94.2 Å². The fourth-order valence-electron chi connectivity index (χ4n) is 3.52. The number of nitrogens with one attached hydrogen (secondary N) is 2. The molecule has 0 aromatic carbocycles. The molecule has 29 heavy (non-hydrogen) atoms. The molecule has 0 bridgehead atoms. The minimum absolute atomic E-state index is 0.0231. The van der Waals surface area contributed by atoms with Gasteiger partial charge >= 0.3 is 0 Å². The van der Waals surface area contributed by atoms with Gasteiger partial charge in [0, 0.05) is 33.3 Å². The largest absolute Gasteiger partial charge is 0.364 e. The molecule has 3 rings (SSSR count). The lowest BCUT2D eigenvalue weighted by atomic mass is 10.1. The smallest absolute Gasteiger partial charge is 0.255 e. The summed E-state index contributed by atoms with van der Waals surface area (Å²) >= 11 is 0. The van der Waals surface area contributed by atoms with Crippen LogP contribution in [0, 0.1) is 5.92 Å². The SMILES string of the molecule is CC(=O)N(C)[C@H]1CCN(C(=O)c2ccc(NCc3cc(CC(C)C)n[nH]3)nc2)C1. The van der Waals surface area contributed by atoms with E-state index in [9.17, 15) is 9.59 Å². The van der Waals surface area contributed by atoms with Crippen LogP contribution in [-0.2, 0) is 17.8 Å². The Morgan fingerprint density at radius 1 is 1.38 bits per heavy atom. The number of likely N-dealkylation sites (N-methyl/N-ethyl adjacent to an activating group) is 1. The molecule has 2 N–H and O–H groups in total. The monoisotopic (exact) mass is 398 g/mol. The average Bonchev–Trinajstić information content (AvgIpc) is 3.35. The molecule has 156 valence electrons. The van der Waals surface area contributed by atoms with Crippen molar-refractivity contribution < 1.29 is 9.59 Å². The Labute approximate surface area is 171 Å². The van der Waals surface area contributed by atoms with Crippen molar-refractivity contribution in [2.24, 2.45) is 5.92 Å². The molecule has 3 heterocycles. The number of aromatic nitrogens is 3. The number of rotatable bonds is 7. The number of hydrogen-bond acceptors (Lipinski definition) is 5. The highest BCUT2D eigenvalue weighted by Gasteiger charge is 2.30. The molecule has 2 amide bonds. The van der Waals surface area contributed by atoms with E-state index in [0.29, 0.717) is 36.9 Å². The minimum Gasteiger partial charge on any atom is -0.364 e. The first-order valence-electron chi connectivity index (χ1n) is 10.1. The molecule has 2 aromatic heterocycles. The van der Waals surface area contributed by atoms with Crippen molar-refractivity contribution in [2.45, 2.75) is 46.2 Å². The Kier molecular flexibility index (Phi) is 6.51. The third kappa shape index (κ3) is 5.34. The number of amides is 2. The zero-order chi connectivity index (χ0) is 21.0. The Balaban J connectivity index is 1.53. The molecule has 0 unspecified atom stereocenters. The maximum atomic E-state index is 12.7. The van der Waals surface area contributed by atoms with E-state index in [1.165, 1.54) is 0 Å². The van der Waals surface area contributed by atoms with Gasteiger partial charge in [-0.2, -0.15) is 5.10 Å². The zero-order valence-electron chi connectivity index (χ0n) is 17.6. The third-order valence-electron chi connectivity index (χ3n) is 5.27. The van der Waals surface area contributed by atoms with Gasteiger partial charge in [0.05, 0.1) is 29.5 Å². The molecule has 1 aliphatic heterocycles. The molecular weight excluding hydrogens is 368 g/mol. The highest BCUT2D eigenvalue weighted by atomic mass is 16.2. The van der Waals surface area contributed by atoms with E-state index in [-0.39, 0.29) is 17.9 Å². The van der Waals surface area contributed by atoms with Gasteiger partial charge in [-0.1, -0.05) is 13.8 Å². The normalized spacial score (nSPS) is 16.3. The summed E-state index contributed by atoms with van der Waals surface area (Å²) < 4.78 is 0. The van der Waals surface area contributed by atoms with Crippen LogP contribution >= 0.6 is 0 Å². The van der Waals surface area contributed by atoms with E-state index in [1.807, 2.05) is 6.07 Å². The third-order valence-corrected chi connectivity index (χ3v) is 5.27. The van der Waals surface area contributed by atoms with Crippen molar-refractivity contribution >= 4 is 17.6 Å². The molecule has 0 aliphatic carbocycles. The van der Waals surface area contributed by atoms with Crippen LogP contribution in [0.4, 0.5) is 5.82 Å². The molecule has 0 saturated carbocycles. The summed E-state index contributed by atoms with van der Waals surface area (Å²) in [7, 11) is 1.79. The lowest BCUT2D eigenvalue weighted by Gasteiger charge is -2.23. The number of carbonyl (C=O) groups is 2. The van der Waals surface area contributed by atoms with Crippen LogP contribution in [0.2, 0.25) is 0 Å². The summed E-state index contributed by atoms with van der Waals surface area (Å²) in [6.07, 6.45) is 3.35. The van der Waals surface area contributed by atoms with Crippen LogP contribution in [0.3, 0.4) is 0 Å². The lowest BCUT2D eigenvalue weighted by molar-refractivity contribution is -0.129. The summed E-state index contributed by atoms with van der Waals surface area (Å²) in [6.45, 7) is 7.70. The van der Waals surface area contributed by atoms with Gasteiger partial charge in [0.2, 0.25) is 5.91 Å². The van der Waals surface area contributed by atoms with Crippen molar-refractivity contribution in [1.29, 1.82) is 0 Å². The number of likely N-dealkylation sites (tertiary alicyclic amines) is 1. The van der Waals surface area contributed by atoms with Gasteiger partial charge in [0.15, 0.2) is 0 Å². The predicted octanol–water partition coefficient (Wildman–Crippen LogP) is 2.31. The molecule has 0 spiro atoms. The zero-order valence-corrected chi connectivity index (χ0v) is 17.6. The van der Waals surface area contributed by atoms with Gasteiger partial charge in [-0.05, 0) is 37.0 Å². The Hall–Kier alpha value is -2.90. The average molecular weight is 399 g/mol. The summed E-state index contributed by atoms with van der Waals surface area (Å²) in [5.41, 5.74) is 2.62. The predicted molar refractivity (Wildman–Crippen MR) is 111 cm³/mol. The molecular formula is C21H30N6O2. The first-order valence-corrected chi connectivity index (χ1v) is 10.1. The first-order chi connectivity index (χ1) is 13.8. The Morgan fingerprint density at radius 2 is 2.17 bits per heavy atom. The molecule has 1 atom stereocenters. The summed E-state index contributed by atoms with van der Waals surface area (Å²) in [5, 5.41) is 10.6. The second kappa shape index (κ2) is 9.07. The van der Waals surface area contributed by atoms with E-state index in [1.54, 1.807) is 36.0 Å². The van der Waals surface area contributed by atoms with E-state index in [0.717, 1.165) is 24.2 Å². The maximum Gasteiger partial charge on any atom is 0.255 e. The van der Waals surface area contributed by atoms with Crippen LogP contribution in [0.15, 0.2) is 24.4 Å². The second-order valence-electron chi connectivity index (χ2n) is 8.09. The quantitative estimate of drug-likeness (QED) is 0.746. The fourth-order valence-corrected chi connectivity index (χ4v) is 3.52. The molecule has 0 radical (unpaired) electrons. The van der Waals surface area contributed by atoms with Crippen molar-refractivity contribution in [3.05, 3.63) is 41.3 Å². The molecule has 1 aliphatic rings. The van der Waals surface area contributed by atoms with Gasteiger partial charge in [-0.25, -0.2) is 4.98 Å². The number of nitrogens with zero attached hydrogens (tertiary/aromatic N) is 4. The molecule has 2 aromatic rings. The number of carbonyl (C=O) groups excluding carboxylic acids is 2. The summed E-state index contributed by atoms with van der Waals surface area (Å²) in [4.78, 5) is 32.1. The van der Waals surface area contributed by atoms with E-state index < -0.39 is 0 Å². The number of pyridine rings is 1. The van der Waals surface area contributed by atoms with Crippen molar-refractivity contribution in [3.8, 4) is 0 Å². The molecule has 1 saturated heterocycles. The van der Waals surface area contributed by atoms with Gasteiger partial charge in [-0.15, -0.1) is 0 Å². The van der Waals surface area contributed by atoms with E-state index in [2.05, 4.69) is 40.4 Å². The van der Waals surface area contributed by atoms with Crippen LogP contribution in [0.1, 0.15) is 48.9 Å². The highest BCUT2D eigenvalue weighted by molar-refractivity contribution is 5.94. The molecule has 1 fully saturated rings. The van der Waals surface area contributed by atoms with Gasteiger partial charge in [0.25, 0.3) is 5.91 Å². The van der Waals surface area contributed by atoms with Crippen LogP contribution in [0.25, 0.3) is 0 Å². The van der Waals surface area contributed by atoms with Gasteiger partial charge in [-0.3, -0.25) is 14.7 Å². The number of H-pyrrole nitrogens is 1. The van der Waals surface area contributed by atoms with E-state index in [4.69, 9.17) is 0 Å². The van der Waals surface area contributed by atoms with Crippen LogP contribution in [-0.4, -0.2) is 63.0 Å². The lowest BCUT2D eigenvalue weighted by Crippen LogP contribution is -2.38. The van der Waals surface area contributed by atoms with E-state index >= 15 is 0 Å². The standard InChI is InChI=1S/C21H30N6O2/c1-14(2)9-17-10-18(25-24-17)12-23-20-6-5-16(11-22-20)21(29)27-8-7-19(13-27)26(4)15(3)28/h5-6,10-11,14,19H,7-9,12-13H2,1-4H3,(H,22,23)(H,24,25)/t19-/m0/s1. The Bertz CT molecular complexity index is 845. The number of aromatic amines is 1. The Morgan fingerprint density at radius 3 is 2.83 bits per heavy atom. The summed E-state index contributed by atoms with van der Waals surface area (Å²) in [6, 6.07) is 5.75. The highest BCUT2D eigenvalue weighted by Crippen LogP contribution is 2.18. The van der Waals surface area contributed by atoms with Crippen LogP contribution < -0.4 is 5.32 Å². The fraction of sp³-hybridized carbons (Fsp3) is 0.524. The van der Waals surface area contributed by atoms with Gasteiger partial charge in [0.1, 0.15) is 5.82 Å². The summed E-state index contributed by atoms with van der Waals surface area (Å²) in [5.74, 6) is 1.25. The second-order valence-corrected chi connectivity index (χ2v) is 8.09. The van der Waals surface area contributed by atoms with Crippen molar-refractivity contribution in [3.63, 3.8) is 0 Å².